The molecule has 0 aromatic heterocycles. The van der Waals surface area contributed by atoms with Crippen LogP contribution in [0.15, 0.2) is 61.5 Å². The maximum Gasteiger partial charge on any atom is 0.294 e. The predicted octanol–water partition coefficient (Wildman–Crippen LogP) is 3.02. The number of aryl methyl sites for hydroxylation is 1. The zero-order chi connectivity index (χ0) is 23.1. The van der Waals surface area contributed by atoms with Crippen molar-refractivity contribution in [2.45, 2.75) is 29.7 Å². The van der Waals surface area contributed by atoms with E-state index in [0.717, 1.165) is 29.3 Å². The lowest BCUT2D eigenvalue weighted by Crippen LogP contribution is -2.30. The van der Waals surface area contributed by atoms with Crippen LogP contribution in [0.5, 0.6) is 0 Å². The Morgan fingerprint density at radius 2 is 1.58 bits per heavy atom. The second-order valence-electron chi connectivity index (χ2n) is 6.52. The fourth-order valence-corrected chi connectivity index (χ4v) is 4.26. The molecule has 14 heteroatoms. The topological polar surface area (TPSA) is 166 Å². The molecule has 1 aliphatic heterocycles. The number of carbonyl (C=O) groups excluding carboxylic acids is 1. The summed E-state index contributed by atoms with van der Waals surface area (Å²) in [5, 5.41) is 12.9. The molecular formula is C17H15ClN4O7S2. The number of carbonyl (C=O) groups is 1. The molecule has 0 bridgehead atoms. The van der Waals surface area contributed by atoms with Gasteiger partial charge < -0.3 is 0 Å². The van der Waals surface area contributed by atoms with E-state index in [9.17, 15) is 26.2 Å². The quantitative estimate of drug-likeness (QED) is 0.483. The summed E-state index contributed by atoms with van der Waals surface area (Å²) in [7, 11) is -8.83. The van der Waals surface area contributed by atoms with Crippen LogP contribution in [0.4, 0.5) is 11.4 Å². The van der Waals surface area contributed by atoms with Crippen LogP contribution >= 0.6 is 11.6 Å². The number of rotatable bonds is 5. The Bertz CT molecular complexity index is 1310. The molecule has 2 N–H and O–H groups in total. The van der Waals surface area contributed by atoms with Gasteiger partial charge in [0.2, 0.25) is 0 Å². The highest BCUT2D eigenvalue weighted by Crippen LogP contribution is 2.35. The second kappa shape index (κ2) is 8.09. The Kier molecular flexibility index (Phi) is 5.99. The first-order chi connectivity index (χ1) is 14.3. The minimum absolute atomic E-state index is 0.115. The van der Waals surface area contributed by atoms with Crippen LogP contribution in [0.2, 0.25) is 5.02 Å². The van der Waals surface area contributed by atoms with Crippen molar-refractivity contribution in [1.29, 1.82) is 0 Å². The van der Waals surface area contributed by atoms with E-state index < -0.39 is 37.1 Å². The van der Waals surface area contributed by atoms with Crippen molar-refractivity contribution in [3.63, 3.8) is 0 Å². The molecule has 1 unspecified atom stereocenters. The number of hydrogen-bond acceptors (Lipinski definition) is 8. The number of azo groups is 1. The van der Waals surface area contributed by atoms with Crippen molar-refractivity contribution >= 4 is 54.8 Å². The first-order valence-corrected chi connectivity index (χ1v) is 11.7. The predicted molar refractivity (Wildman–Crippen MR) is 111 cm³/mol. The van der Waals surface area contributed by atoms with Gasteiger partial charge in [-0.1, -0.05) is 11.6 Å². The molecule has 1 atom stereocenters. The third kappa shape index (κ3) is 4.80. The summed E-state index contributed by atoms with van der Waals surface area (Å²) in [5.41, 5.74) is 0.938. The molecule has 0 fully saturated rings. The lowest BCUT2D eigenvalue weighted by Gasteiger charge is -2.17. The Morgan fingerprint density at radius 1 is 1.00 bits per heavy atom. The smallest absolute Gasteiger partial charge is 0.282 e. The zero-order valence-corrected chi connectivity index (χ0v) is 18.3. The van der Waals surface area contributed by atoms with E-state index in [0.29, 0.717) is 0 Å². The second-order valence-corrected chi connectivity index (χ2v) is 9.77. The molecule has 0 saturated carbocycles. The molecule has 0 saturated heterocycles. The van der Waals surface area contributed by atoms with E-state index in [-0.39, 0.29) is 32.6 Å². The van der Waals surface area contributed by atoms with Crippen LogP contribution in [-0.4, -0.2) is 43.6 Å². The Morgan fingerprint density at radius 3 is 2.10 bits per heavy atom. The maximum atomic E-state index is 12.8. The van der Waals surface area contributed by atoms with Crippen LogP contribution in [0.25, 0.3) is 0 Å². The highest BCUT2D eigenvalue weighted by molar-refractivity contribution is 7.86. The van der Waals surface area contributed by atoms with Crippen molar-refractivity contribution in [2.24, 2.45) is 15.3 Å². The molecule has 164 valence electrons. The Balaban J connectivity index is 1.88. The summed E-state index contributed by atoms with van der Waals surface area (Å²) in [6.45, 7) is 3.04. The third-order valence-corrected chi connectivity index (χ3v) is 6.24. The molecule has 2 aromatic carbocycles. The van der Waals surface area contributed by atoms with E-state index in [4.69, 9.17) is 16.2 Å². The molecule has 0 spiro atoms. The Hall–Kier alpha value is -2.71. The molecule has 1 heterocycles. The zero-order valence-electron chi connectivity index (χ0n) is 16.0. The van der Waals surface area contributed by atoms with Gasteiger partial charge in [-0.3, -0.25) is 13.9 Å². The number of halogens is 1. The van der Waals surface area contributed by atoms with Crippen molar-refractivity contribution < 1.29 is 30.7 Å². The molecular weight excluding hydrogens is 472 g/mol. The SMILES string of the molecule is CC1=NN(c2c(C)cc(S(=O)(=O)O)cc2Cl)C(=O)C1N=Nc1ccc(S(=O)(=O)O)cc1. The van der Waals surface area contributed by atoms with Crippen LogP contribution in [0.1, 0.15) is 12.5 Å². The van der Waals surface area contributed by atoms with Gasteiger partial charge in [0.25, 0.3) is 26.1 Å². The van der Waals surface area contributed by atoms with E-state index in [1.165, 1.54) is 19.1 Å². The molecule has 2 aromatic rings. The van der Waals surface area contributed by atoms with E-state index >= 15 is 0 Å². The Labute approximate surface area is 182 Å². The highest BCUT2D eigenvalue weighted by atomic mass is 35.5. The molecule has 0 aliphatic carbocycles. The van der Waals surface area contributed by atoms with Crippen molar-refractivity contribution in [2.75, 3.05) is 5.01 Å². The normalized spacial score (nSPS) is 17.5. The number of hydrazone groups is 1. The fraction of sp³-hybridized carbons (Fsp3) is 0.176. The number of benzene rings is 2. The monoisotopic (exact) mass is 486 g/mol. The van der Waals surface area contributed by atoms with Gasteiger partial charge in [-0.15, -0.1) is 0 Å². The van der Waals surface area contributed by atoms with Crippen molar-refractivity contribution in [1.82, 2.24) is 0 Å². The van der Waals surface area contributed by atoms with E-state index in [1.54, 1.807) is 6.92 Å². The van der Waals surface area contributed by atoms with Crippen molar-refractivity contribution in [3.05, 3.63) is 47.0 Å². The molecule has 31 heavy (non-hydrogen) atoms. The summed E-state index contributed by atoms with van der Waals surface area (Å²) < 4.78 is 63.0. The average molecular weight is 487 g/mol. The minimum atomic E-state index is -4.49. The van der Waals surface area contributed by atoms with Crippen LogP contribution in [0.3, 0.4) is 0 Å². The molecule has 1 amide bonds. The fourth-order valence-electron chi connectivity index (χ4n) is 2.78. The largest absolute Gasteiger partial charge is 0.294 e. The van der Waals surface area contributed by atoms with Gasteiger partial charge in [0.05, 0.1) is 31.9 Å². The maximum absolute atomic E-state index is 12.8. The first-order valence-electron chi connectivity index (χ1n) is 8.44. The number of amides is 1. The van der Waals surface area contributed by atoms with Gasteiger partial charge >= 0.3 is 0 Å². The lowest BCUT2D eigenvalue weighted by atomic mass is 10.1. The van der Waals surface area contributed by atoms with Gasteiger partial charge in [-0.2, -0.15) is 37.2 Å². The van der Waals surface area contributed by atoms with Gasteiger partial charge in [0.15, 0.2) is 6.04 Å². The number of anilines is 1. The van der Waals surface area contributed by atoms with E-state index in [1.807, 2.05) is 0 Å². The van der Waals surface area contributed by atoms with Gasteiger partial charge in [-0.25, -0.2) is 0 Å². The van der Waals surface area contributed by atoms with Crippen LogP contribution in [-0.2, 0) is 25.0 Å². The average Bonchev–Trinajstić information content (AvgIpc) is 2.92. The lowest BCUT2D eigenvalue weighted by molar-refractivity contribution is -0.117. The standard InChI is InChI=1S/C17H15ClN4O7S2/c1-9-7-13(31(27,28)29)8-14(18)16(9)22-17(23)15(10(2)21-22)20-19-11-3-5-12(6-4-11)30(24,25)26/h3-8,15H,1-2H3,(H,24,25,26)(H,27,28,29). The van der Waals surface area contributed by atoms with Gasteiger partial charge in [0, 0.05) is 0 Å². The number of nitrogens with zero attached hydrogens (tertiary/aromatic N) is 4. The summed E-state index contributed by atoms with van der Waals surface area (Å²) >= 11 is 6.14. The molecule has 1 aliphatic rings. The minimum Gasteiger partial charge on any atom is -0.282 e. The summed E-state index contributed by atoms with van der Waals surface area (Å²) in [5.74, 6) is -0.597. The van der Waals surface area contributed by atoms with Gasteiger partial charge in [-0.05, 0) is 55.8 Å². The summed E-state index contributed by atoms with van der Waals surface area (Å²) in [6.07, 6.45) is 0. The molecule has 3 rings (SSSR count). The van der Waals surface area contributed by atoms with Gasteiger partial charge in [0.1, 0.15) is 0 Å². The highest BCUT2D eigenvalue weighted by Gasteiger charge is 2.36. The number of hydrogen-bond donors (Lipinski definition) is 2. The summed E-state index contributed by atoms with van der Waals surface area (Å²) in [6, 6.07) is 5.93. The van der Waals surface area contributed by atoms with E-state index in [2.05, 4.69) is 15.3 Å². The third-order valence-electron chi connectivity index (χ3n) is 4.26. The van der Waals surface area contributed by atoms with Crippen LogP contribution < -0.4 is 5.01 Å². The molecule has 0 radical (unpaired) electrons. The van der Waals surface area contributed by atoms with Crippen molar-refractivity contribution in [3.8, 4) is 0 Å². The summed E-state index contributed by atoms with van der Waals surface area (Å²) in [4.78, 5) is 12.1. The van der Waals surface area contributed by atoms with Crippen LogP contribution in [0, 0.1) is 6.92 Å². The molecule has 11 nitrogen and oxygen atoms in total. The first kappa shape index (κ1) is 23.0.